The summed E-state index contributed by atoms with van der Waals surface area (Å²) in [7, 11) is 1.55. The Kier molecular flexibility index (Phi) is 5.60. The topological polar surface area (TPSA) is 75.9 Å². The molecule has 1 aliphatic heterocycles. The zero-order valence-electron chi connectivity index (χ0n) is 13.9. The Morgan fingerprint density at radius 3 is 2.24 bits per heavy atom. The number of nitrogens with zero attached hydrogens (tertiary/aromatic N) is 2. The number of rotatable bonds is 4. The average molecular weight is 297 g/mol. The Balaban J connectivity index is 3.00. The Hall–Kier alpha value is -1.32. The molecule has 0 aromatic rings. The largest absolute Gasteiger partial charge is 0.451 e. The van der Waals surface area contributed by atoms with Gasteiger partial charge in [0.15, 0.2) is 0 Å². The van der Waals surface area contributed by atoms with E-state index in [2.05, 4.69) is 44.1 Å². The van der Waals surface area contributed by atoms with Crippen LogP contribution in [0, 0.1) is 11.3 Å². The number of piperidine rings is 1. The van der Waals surface area contributed by atoms with Crippen molar-refractivity contribution in [2.75, 3.05) is 20.4 Å². The minimum atomic E-state index is -0.958. The highest BCUT2D eigenvalue weighted by atomic mass is 16.7. The van der Waals surface area contributed by atoms with Crippen molar-refractivity contribution in [3.8, 4) is 6.07 Å². The normalized spacial score (nSPS) is 23.2. The molecule has 21 heavy (non-hydrogen) atoms. The van der Waals surface area contributed by atoms with Crippen molar-refractivity contribution >= 4 is 6.08 Å². The van der Waals surface area contributed by atoms with E-state index in [1.165, 1.54) is 0 Å². The average Bonchev–Trinajstić information content (AvgIpc) is 2.32. The van der Waals surface area contributed by atoms with Crippen molar-refractivity contribution in [1.29, 1.82) is 5.26 Å². The van der Waals surface area contributed by atoms with Gasteiger partial charge in [-0.05, 0) is 34.6 Å². The van der Waals surface area contributed by atoms with Crippen molar-refractivity contribution in [1.82, 2.24) is 5.32 Å². The summed E-state index contributed by atoms with van der Waals surface area (Å²) in [5.41, 5.74) is -1.38. The maximum absolute atomic E-state index is 9.70. The number of ether oxygens (including phenoxy) is 3. The molecule has 0 unspecified atom stereocenters. The van der Waals surface area contributed by atoms with Crippen LogP contribution < -0.4 is 5.32 Å². The molecule has 1 aliphatic rings. The smallest absolute Gasteiger partial charge is 0.387 e. The van der Waals surface area contributed by atoms with Crippen LogP contribution >= 0.6 is 0 Å². The minimum Gasteiger partial charge on any atom is -0.451 e. The molecule has 0 radical (unpaired) electrons. The summed E-state index contributed by atoms with van der Waals surface area (Å²) < 4.78 is 16.2. The standard InChI is InChI=1S/C15H27N3O3/c1-7-20-12(17-11-19-6)21-15(10-16)8-13(2,3)18-14(4,5)9-15/h18H,7-9,11H2,1-6H3. The Morgan fingerprint density at radius 1 is 1.24 bits per heavy atom. The van der Waals surface area contributed by atoms with Gasteiger partial charge in [0, 0.05) is 31.0 Å². The highest BCUT2D eigenvalue weighted by Gasteiger charge is 2.50. The van der Waals surface area contributed by atoms with E-state index in [1.807, 2.05) is 6.92 Å². The molecule has 0 bridgehead atoms. The van der Waals surface area contributed by atoms with Crippen LogP contribution in [-0.4, -0.2) is 43.2 Å². The summed E-state index contributed by atoms with van der Waals surface area (Å²) in [6, 6.07) is 2.33. The predicted molar refractivity (Wildman–Crippen MR) is 80.9 cm³/mol. The second-order valence-electron chi connectivity index (χ2n) is 6.73. The maximum Gasteiger partial charge on any atom is 0.387 e. The number of nitrogens with one attached hydrogen (secondary N) is 1. The Morgan fingerprint density at radius 2 is 1.81 bits per heavy atom. The van der Waals surface area contributed by atoms with E-state index < -0.39 is 5.60 Å². The molecule has 1 heterocycles. The van der Waals surface area contributed by atoms with Gasteiger partial charge in [0.1, 0.15) is 12.8 Å². The van der Waals surface area contributed by atoms with Crippen LogP contribution in [-0.2, 0) is 14.2 Å². The molecule has 0 atom stereocenters. The predicted octanol–water partition coefficient (Wildman–Crippen LogP) is 2.20. The van der Waals surface area contributed by atoms with Crippen LogP contribution in [0.3, 0.4) is 0 Å². The Labute approximate surface area is 127 Å². The summed E-state index contributed by atoms with van der Waals surface area (Å²) in [5, 5.41) is 13.2. The van der Waals surface area contributed by atoms with E-state index in [4.69, 9.17) is 14.2 Å². The molecule has 0 aromatic heterocycles. The van der Waals surface area contributed by atoms with Gasteiger partial charge in [0.25, 0.3) is 0 Å². The van der Waals surface area contributed by atoms with Gasteiger partial charge in [-0.2, -0.15) is 10.3 Å². The first-order valence-corrected chi connectivity index (χ1v) is 7.23. The zero-order valence-corrected chi connectivity index (χ0v) is 13.9. The maximum atomic E-state index is 9.70. The zero-order chi connectivity index (χ0) is 16.1. The van der Waals surface area contributed by atoms with Crippen molar-refractivity contribution in [2.45, 2.75) is 64.1 Å². The van der Waals surface area contributed by atoms with Crippen LogP contribution in [0.1, 0.15) is 47.5 Å². The molecule has 0 aliphatic carbocycles. The summed E-state index contributed by atoms with van der Waals surface area (Å²) >= 11 is 0. The third-order valence-corrected chi connectivity index (χ3v) is 3.21. The molecule has 1 saturated heterocycles. The molecule has 120 valence electrons. The third-order valence-electron chi connectivity index (χ3n) is 3.21. The molecular weight excluding hydrogens is 270 g/mol. The lowest BCUT2D eigenvalue weighted by Gasteiger charge is -2.49. The summed E-state index contributed by atoms with van der Waals surface area (Å²) in [4.78, 5) is 4.09. The molecule has 6 nitrogen and oxygen atoms in total. The molecule has 0 amide bonds. The van der Waals surface area contributed by atoms with Gasteiger partial charge in [-0.1, -0.05) is 0 Å². The second-order valence-corrected chi connectivity index (χ2v) is 6.73. The molecule has 0 saturated carbocycles. The minimum absolute atomic E-state index is 0.120. The lowest BCUT2D eigenvalue weighted by Crippen LogP contribution is -2.64. The van der Waals surface area contributed by atoms with Crippen LogP contribution in [0.4, 0.5) is 0 Å². The van der Waals surface area contributed by atoms with Gasteiger partial charge in [-0.25, -0.2) is 0 Å². The van der Waals surface area contributed by atoms with E-state index in [0.717, 1.165) is 0 Å². The quantitative estimate of drug-likeness (QED) is 0.636. The van der Waals surface area contributed by atoms with Crippen LogP contribution in [0.25, 0.3) is 0 Å². The van der Waals surface area contributed by atoms with Gasteiger partial charge in [0.05, 0.1) is 6.61 Å². The lowest BCUT2D eigenvalue weighted by atomic mass is 9.73. The van der Waals surface area contributed by atoms with E-state index >= 15 is 0 Å². The summed E-state index contributed by atoms with van der Waals surface area (Å²) in [5.74, 6) is 0. The van der Waals surface area contributed by atoms with Crippen LogP contribution in [0.15, 0.2) is 4.99 Å². The fourth-order valence-electron chi connectivity index (χ4n) is 3.18. The molecule has 6 heteroatoms. The van der Waals surface area contributed by atoms with Gasteiger partial charge in [0.2, 0.25) is 5.60 Å². The molecule has 0 aromatic carbocycles. The van der Waals surface area contributed by atoms with E-state index in [-0.39, 0.29) is 23.9 Å². The van der Waals surface area contributed by atoms with Crippen molar-refractivity contribution < 1.29 is 14.2 Å². The number of hydrogen-bond acceptors (Lipinski definition) is 6. The van der Waals surface area contributed by atoms with E-state index in [9.17, 15) is 5.26 Å². The first-order valence-electron chi connectivity index (χ1n) is 7.23. The molecular formula is C15H27N3O3. The molecule has 1 rings (SSSR count). The highest BCUT2D eigenvalue weighted by Crippen LogP contribution is 2.38. The monoisotopic (exact) mass is 297 g/mol. The number of hydrogen-bond donors (Lipinski definition) is 1. The highest BCUT2D eigenvalue weighted by molar-refractivity contribution is 5.67. The fourth-order valence-corrected chi connectivity index (χ4v) is 3.18. The third kappa shape index (κ3) is 5.18. The summed E-state index contributed by atoms with van der Waals surface area (Å²) in [6.07, 6.45) is 1.23. The van der Waals surface area contributed by atoms with Crippen LogP contribution in [0.2, 0.25) is 0 Å². The second kappa shape index (κ2) is 6.63. The molecule has 1 N–H and O–H groups in total. The summed E-state index contributed by atoms with van der Waals surface area (Å²) in [6.45, 7) is 10.7. The number of methoxy groups -OCH3 is 1. The van der Waals surface area contributed by atoms with Crippen molar-refractivity contribution in [3.05, 3.63) is 0 Å². The van der Waals surface area contributed by atoms with Gasteiger partial charge in [-0.3, -0.25) is 0 Å². The molecule has 0 spiro atoms. The van der Waals surface area contributed by atoms with E-state index in [0.29, 0.717) is 19.4 Å². The van der Waals surface area contributed by atoms with Crippen LogP contribution in [0.5, 0.6) is 0 Å². The van der Waals surface area contributed by atoms with Gasteiger partial charge < -0.3 is 19.5 Å². The first-order chi connectivity index (χ1) is 9.67. The fraction of sp³-hybridized carbons (Fsp3) is 0.867. The SMILES string of the molecule is CCOC(=NCOC)OC1(C#N)CC(C)(C)NC(C)(C)C1. The van der Waals surface area contributed by atoms with Crippen molar-refractivity contribution in [2.24, 2.45) is 4.99 Å². The first kappa shape index (κ1) is 17.7. The van der Waals surface area contributed by atoms with Gasteiger partial charge >= 0.3 is 6.08 Å². The number of nitriles is 1. The number of aliphatic imine (C=N–C) groups is 1. The molecule has 1 fully saturated rings. The van der Waals surface area contributed by atoms with Gasteiger partial charge in [-0.15, -0.1) is 0 Å². The van der Waals surface area contributed by atoms with Crippen molar-refractivity contribution in [3.63, 3.8) is 0 Å². The Bertz CT molecular complexity index is 408. The lowest BCUT2D eigenvalue weighted by molar-refractivity contribution is -0.0264. The van der Waals surface area contributed by atoms with E-state index in [1.54, 1.807) is 7.11 Å².